The van der Waals surface area contributed by atoms with E-state index in [4.69, 9.17) is 9.47 Å². The topological polar surface area (TPSA) is 116 Å². The third-order valence-corrected chi connectivity index (χ3v) is 7.93. The number of benzene rings is 3. The minimum Gasteiger partial charge on any atom is -0.489 e. The average Bonchev–Trinajstić information content (AvgIpc) is 3.29. The Balaban J connectivity index is 1.50. The molecule has 43 heavy (non-hydrogen) atoms. The van der Waals surface area contributed by atoms with Crippen molar-refractivity contribution in [1.29, 1.82) is 0 Å². The zero-order chi connectivity index (χ0) is 30.7. The van der Waals surface area contributed by atoms with Crippen LogP contribution in [0.2, 0.25) is 0 Å². The molecule has 0 saturated carbocycles. The number of nitro benzene ring substituents is 1. The lowest BCUT2D eigenvalue weighted by atomic mass is 9.95. The monoisotopic (exact) mass is 598 g/mol. The summed E-state index contributed by atoms with van der Waals surface area (Å²) in [5.41, 5.74) is 3.90. The summed E-state index contributed by atoms with van der Waals surface area (Å²) in [6.45, 7) is 3.94. The molecule has 220 valence electrons. The van der Waals surface area contributed by atoms with E-state index in [0.717, 1.165) is 22.4 Å². The molecule has 1 atom stereocenters. The zero-order valence-electron chi connectivity index (χ0n) is 24.1. The summed E-state index contributed by atoms with van der Waals surface area (Å²) in [7, 11) is 3.89. The standard InChI is InChI=1S/C32H30N4O6S/c1-5-41-31(38)28-20(2)33-32-35(29(28)23-11-15-24(16-12-23)34(3)4)30(37)27(43-32)18-22-7-6-8-26(17-22)42-19-21-9-13-25(14-10-21)36(39)40/h6-18,29H,5,19H2,1-4H3/b27-18-/t29-/m0/s1. The molecular formula is C32H30N4O6S. The number of anilines is 1. The van der Waals surface area contributed by atoms with Crippen LogP contribution in [0.3, 0.4) is 0 Å². The second-order valence-electron chi connectivity index (χ2n) is 10.1. The molecule has 0 aliphatic carbocycles. The van der Waals surface area contributed by atoms with Gasteiger partial charge >= 0.3 is 5.97 Å². The largest absolute Gasteiger partial charge is 0.489 e. The van der Waals surface area contributed by atoms with Crippen LogP contribution in [0.25, 0.3) is 6.08 Å². The molecular weight excluding hydrogens is 568 g/mol. The summed E-state index contributed by atoms with van der Waals surface area (Å²) >= 11 is 1.25. The number of carbonyl (C=O) groups excluding carboxylic acids is 1. The van der Waals surface area contributed by atoms with Crippen LogP contribution in [-0.4, -0.2) is 36.2 Å². The minimum absolute atomic E-state index is 0.0181. The number of nitrogens with zero attached hydrogens (tertiary/aromatic N) is 4. The Morgan fingerprint density at radius 2 is 1.84 bits per heavy atom. The van der Waals surface area contributed by atoms with Crippen molar-refractivity contribution < 1.29 is 19.2 Å². The van der Waals surface area contributed by atoms with Gasteiger partial charge < -0.3 is 14.4 Å². The lowest BCUT2D eigenvalue weighted by Gasteiger charge is -2.25. The maximum absolute atomic E-state index is 13.9. The highest BCUT2D eigenvalue weighted by atomic mass is 32.1. The molecule has 1 aliphatic rings. The van der Waals surface area contributed by atoms with Crippen molar-refractivity contribution >= 4 is 34.8 Å². The van der Waals surface area contributed by atoms with Gasteiger partial charge in [-0.05, 0) is 73.0 Å². The first-order chi connectivity index (χ1) is 20.7. The van der Waals surface area contributed by atoms with Gasteiger partial charge in [0.1, 0.15) is 12.4 Å². The number of rotatable bonds is 9. The molecule has 3 aromatic carbocycles. The Morgan fingerprint density at radius 3 is 2.49 bits per heavy atom. The number of non-ortho nitro benzene ring substituents is 1. The number of ether oxygens (including phenoxy) is 2. The van der Waals surface area contributed by atoms with Crippen LogP contribution in [0.1, 0.15) is 36.6 Å². The van der Waals surface area contributed by atoms with E-state index in [1.807, 2.05) is 61.5 Å². The fraction of sp³-hybridized carbons (Fsp3) is 0.219. The fourth-order valence-corrected chi connectivity index (χ4v) is 5.83. The van der Waals surface area contributed by atoms with E-state index in [1.54, 1.807) is 42.7 Å². The van der Waals surface area contributed by atoms with Gasteiger partial charge in [-0.15, -0.1) is 0 Å². The molecule has 0 saturated heterocycles. The molecule has 0 fully saturated rings. The van der Waals surface area contributed by atoms with E-state index in [0.29, 0.717) is 26.4 Å². The van der Waals surface area contributed by atoms with Gasteiger partial charge in [0.25, 0.3) is 11.2 Å². The summed E-state index contributed by atoms with van der Waals surface area (Å²) < 4.78 is 13.3. The van der Waals surface area contributed by atoms with Gasteiger partial charge in [-0.25, -0.2) is 9.79 Å². The zero-order valence-corrected chi connectivity index (χ0v) is 25.0. The molecule has 5 rings (SSSR count). The van der Waals surface area contributed by atoms with E-state index in [-0.39, 0.29) is 24.5 Å². The Hall–Kier alpha value is -5.03. The quantitative estimate of drug-likeness (QED) is 0.160. The first-order valence-corrected chi connectivity index (χ1v) is 14.4. The van der Waals surface area contributed by atoms with E-state index < -0.39 is 16.9 Å². The molecule has 2 heterocycles. The molecule has 0 unspecified atom stereocenters. The number of fused-ring (bicyclic) bond motifs is 1. The number of carbonyl (C=O) groups is 1. The summed E-state index contributed by atoms with van der Waals surface area (Å²) in [5.74, 6) is 0.0803. The van der Waals surface area contributed by atoms with Crippen LogP contribution >= 0.6 is 11.3 Å². The molecule has 1 aliphatic heterocycles. The second-order valence-corrected chi connectivity index (χ2v) is 11.1. The summed E-state index contributed by atoms with van der Waals surface area (Å²) in [4.78, 5) is 44.6. The minimum atomic E-state index is -0.690. The number of allylic oxidation sites excluding steroid dienone is 1. The number of nitro groups is 1. The van der Waals surface area contributed by atoms with Gasteiger partial charge in [0.05, 0.1) is 33.4 Å². The molecule has 4 aromatic rings. The molecule has 0 amide bonds. The third-order valence-electron chi connectivity index (χ3n) is 6.95. The summed E-state index contributed by atoms with van der Waals surface area (Å²) in [6.07, 6.45) is 1.78. The van der Waals surface area contributed by atoms with Crippen LogP contribution in [0, 0.1) is 10.1 Å². The van der Waals surface area contributed by atoms with Crippen molar-refractivity contribution in [2.75, 3.05) is 25.6 Å². The molecule has 10 nitrogen and oxygen atoms in total. The van der Waals surface area contributed by atoms with E-state index in [1.165, 1.54) is 23.5 Å². The van der Waals surface area contributed by atoms with Crippen molar-refractivity contribution in [2.45, 2.75) is 26.5 Å². The van der Waals surface area contributed by atoms with E-state index >= 15 is 0 Å². The average molecular weight is 599 g/mol. The summed E-state index contributed by atoms with van der Waals surface area (Å²) in [5, 5.41) is 10.9. The second kappa shape index (κ2) is 12.5. The number of esters is 1. The SMILES string of the molecule is CCOC(=O)C1=C(C)N=c2s/c(=C\c3cccc(OCc4ccc([N+](=O)[O-])cc4)c3)c(=O)n2[C@H]1c1ccc(N(C)C)cc1. The highest BCUT2D eigenvalue weighted by molar-refractivity contribution is 7.07. The van der Waals surface area contributed by atoms with Crippen molar-refractivity contribution in [3.63, 3.8) is 0 Å². The van der Waals surface area contributed by atoms with Gasteiger partial charge in [0, 0.05) is 31.9 Å². The molecule has 0 N–H and O–H groups in total. The fourth-order valence-electron chi connectivity index (χ4n) is 4.79. The van der Waals surface area contributed by atoms with Gasteiger partial charge in [0.15, 0.2) is 4.80 Å². The Bertz CT molecular complexity index is 1890. The normalized spacial score (nSPS) is 14.6. The number of aromatic nitrogens is 1. The van der Waals surface area contributed by atoms with Crippen molar-refractivity contribution in [3.05, 3.63) is 131 Å². The van der Waals surface area contributed by atoms with Crippen LogP contribution in [-0.2, 0) is 16.1 Å². The number of hydrogen-bond donors (Lipinski definition) is 0. The van der Waals surface area contributed by atoms with Crippen LogP contribution in [0.4, 0.5) is 11.4 Å². The van der Waals surface area contributed by atoms with Gasteiger partial charge in [-0.3, -0.25) is 19.5 Å². The van der Waals surface area contributed by atoms with Crippen molar-refractivity contribution in [2.24, 2.45) is 4.99 Å². The Morgan fingerprint density at radius 1 is 1.12 bits per heavy atom. The molecule has 1 aromatic heterocycles. The van der Waals surface area contributed by atoms with Crippen molar-refractivity contribution in [1.82, 2.24) is 4.57 Å². The number of thiazole rings is 1. The van der Waals surface area contributed by atoms with Crippen molar-refractivity contribution in [3.8, 4) is 5.75 Å². The highest BCUT2D eigenvalue weighted by Gasteiger charge is 2.33. The Labute approximate surface area is 251 Å². The maximum atomic E-state index is 13.9. The predicted octanol–water partition coefficient (Wildman–Crippen LogP) is 4.35. The first kappa shape index (κ1) is 29.5. The predicted molar refractivity (Wildman–Crippen MR) is 165 cm³/mol. The highest BCUT2D eigenvalue weighted by Crippen LogP contribution is 2.31. The lowest BCUT2D eigenvalue weighted by molar-refractivity contribution is -0.384. The van der Waals surface area contributed by atoms with Gasteiger partial charge in [-0.1, -0.05) is 35.6 Å². The maximum Gasteiger partial charge on any atom is 0.338 e. The Kier molecular flexibility index (Phi) is 8.53. The van der Waals surface area contributed by atoms with Crippen LogP contribution in [0.15, 0.2) is 93.9 Å². The molecule has 0 bridgehead atoms. The first-order valence-electron chi connectivity index (χ1n) is 13.6. The summed E-state index contributed by atoms with van der Waals surface area (Å²) in [6, 6.07) is 20.5. The lowest BCUT2D eigenvalue weighted by Crippen LogP contribution is -2.39. The van der Waals surface area contributed by atoms with E-state index in [2.05, 4.69) is 4.99 Å². The van der Waals surface area contributed by atoms with Gasteiger partial charge in [0.2, 0.25) is 0 Å². The molecule has 0 spiro atoms. The van der Waals surface area contributed by atoms with E-state index in [9.17, 15) is 19.7 Å². The van der Waals surface area contributed by atoms with Crippen LogP contribution in [0.5, 0.6) is 5.75 Å². The third kappa shape index (κ3) is 6.26. The molecule has 11 heteroatoms. The van der Waals surface area contributed by atoms with Crippen LogP contribution < -0.4 is 24.5 Å². The smallest absolute Gasteiger partial charge is 0.338 e. The number of hydrogen-bond acceptors (Lipinski definition) is 9. The van der Waals surface area contributed by atoms with Gasteiger partial charge in [-0.2, -0.15) is 0 Å². The molecule has 0 radical (unpaired) electrons.